The van der Waals surface area contributed by atoms with Gasteiger partial charge >= 0.3 is 5.97 Å². The van der Waals surface area contributed by atoms with Gasteiger partial charge in [0.2, 0.25) is 0 Å². The lowest BCUT2D eigenvalue weighted by Gasteiger charge is -2.15. The molecule has 0 fully saturated rings. The molecule has 0 aromatic heterocycles. The van der Waals surface area contributed by atoms with Crippen molar-refractivity contribution in [2.75, 3.05) is 0 Å². The molecule has 0 bridgehead atoms. The van der Waals surface area contributed by atoms with E-state index in [1.54, 1.807) is 0 Å². The van der Waals surface area contributed by atoms with Crippen LogP contribution in [0.2, 0.25) is 0 Å². The van der Waals surface area contributed by atoms with Crippen LogP contribution in [0.3, 0.4) is 0 Å². The topological polar surface area (TPSA) is 69.4 Å². The number of ketones is 1. The molecule has 1 atom stereocenters. The maximum Gasteiger partial charge on any atom is 0.306 e. The molecule has 0 aliphatic rings. The Morgan fingerprint density at radius 3 is 2.11 bits per heavy atom. The zero-order valence-corrected chi connectivity index (χ0v) is 12.1. The van der Waals surface area contributed by atoms with Crippen LogP contribution >= 0.6 is 0 Å². The summed E-state index contributed by atoms with van der Waals surface area (Å²) >= 11 is 0. The van der Waals surface area contributed by atoms with Crippen LogP contribution in [0, 0.1) is 5.92 Å². The Kier molecular flexibility index (Phi) is 8.63. The first kappa shape index (κ1) is 17.1. The van der Waals surface area contributed by atoms with Crippen molar-refractivity contribution >= 4 is 11.8 Å². The van der Waals surface area contributed by atoms with Gasteiger partial charge in [-0.1, -0.05) is 27.7 Å². The second-order valence-electron chi connectivity index (χ2n) is 5.13. The highest BCUT2D eigenvalue weighted by atomic mass is 16.5. The van der Waals surface area contributed by atoms with Crippen LogP contribution in [0.15, 0.2) is 0 Å². The summed E-state index contributed by atoms with van der Waals surface area (Å²) in [6.07, 6.45) is 2.58. The van der Waals surface area contributed by atoms with E-state index in [0.717, 1.165) is 12.8 Å². The minimum absolute atomic E-state index is 0.0306. The van der Waals surface area contributed by atoms with Crippen LogP contribution in [0.5, 0.6) is 0 Å². The summed E-state index contributed by atoms with van der Waals surface area (Å²) in [5, 5.41) is 0. The number of hydrogen-bond acceptors (Lipinski definition) is 4. The van der Waals surface area contributed by atoms with Gasteiger partial charge in [-0.3, -0.25) is 9.59 Å². The molecule has 18 heavy (non-hydrogen) atoms. The fourth-order valence-electron chi connectivity index (χ4n) is 1.75. The molecule has 0 heterocycles. The Morgan fingerprint density at radius 2 is 1.67 bits per heavy atom. The third-order valence-corrected chi connectivity index (χ3v) is 2.92. The monoisotopic (exact) mass is 257 g/mol. The second-order valence-corrected chi connectivity index (χ2v) is 5.13. The van der Waals surface area contributed by atoms with Crippen molar-refractivity contribution in [1.82, 2.24) is 0 Å². The summed E-state index contributed by atoms with van der Waals surface area (Å²) in [5.74, 6) is 0.0412. The van der Waals surface area contributed by atoms with Gasteiger partial charge in [0.1, 0.15) is 11.9 Å². The molecule has 106 valence electrons. The SMILES string of the molecule is CCC(CC)OC(=O)CCC(=O)[C@H](N)CC(C)C. The summed E-state index contributed by atoms with van der Waals surface area (Å²) in [6.45, 7) is 8.00. The molecule has 0 radical (unpaired) electrons. The molecule has 0 spiro atoms. The Hall–Kier alpha value is -0.900. The average Bonchev–Trinajstić information content (AvgIpc) is 2.31. The quantitative estimate of drug-likeness (QED) is 0.644. The van der Waals surface area contributed by atoms with E-state index in [2.05, 4.69) is 0 Å². The van der Waals surface area contributed by atoms with E-state index in [1.165, 1.54) is 0 Å². The van der Waals surface area contributed by atoms with Crippen molar-refractivity contribution in [2.24, 2.45) is 11.7 Å². The lowest BCUT2D eigenvalue weighted by atomic mass is 9.99. The Bertz CT molecular complexity index is 260. The zero-order chi connectivity index (χ0) is 14.1. The van der Waals surface area contributed by atoms with Crippen LogP contribution < -0.4 is 5.73 Å². The molecule has 4 heteroatoms. The van der Waals surface area contributed by atoms with Gasteiger partial charge in [-0.05, 0) is 25.2 Å². The average molecular weight is 257 g/mol. The molecule has 4 nitrogen and oxygen atoms in total. The molecule has 2 N–H and O–H groups in total. The molecule has 0 aliphatic carbocycles. The molecular weight excluding hydrogens is 230 g/mol. The van der Waals surface area contributed by atoms with Gasteiger partial charge in [0.05, 0.1) is 12.5 Å². The van der Waals surface area contributed by atoms with Crippen LogP contribution in [-0.2, 0) is 14.3 Å². The van der Waals surface area contributed by atoms with Crippen molar-refractivity contribution in [3.05, 3.63) is 0 Å². The largest absolute Gasteiger partial charge is 0.462 e. The number of carbonyl (C=O) groups excluding carboxylic acids is 2. The standard InChI is InChI=1S/C14H27NO3/c1-5-11(6-2)18-14(17)8-7-13(16)12(15)9-10(3)4/h10-12H,5-9,15H2,1-4H3/t12-/m1/s1. The second kappa shape index (κ2) is 9.09. The summed E-state index contributed by atoms with van der Waals surface area (Å²) in [5.41, 5.74) is 5.76. The van der Waals surface area contributed by atoms with Crippen LogP contribution in [0.25, 0.3) is 0 Å². The fourth-order valence-corrected chi connectivity index (χ4v) is 1.75. The maximum atomic E-state index is 11.7. The highest BCUT2D eigenvalue weighted by molar-refractivity contribution is 5.86. The third-order valence-electron chi connectivity index (χ3n) is 2.92. The van der Waals surface area contributed by atoms with Gasteiger partial charge in [0, 0.05) is 6.42 Å². The van der Waals surface area contributed by atoms with Gasteiger partial charge in [-0.15, -0.1) is 0 Å². The van der Waals surface area contributed by atoms with Gasteiger partial charge in [0.15, 0.2) is 0 Å². The minimum atomic E-state index is -0.453. The highest BCUT2D eigenvalue weighted by Gasteiger charge is 2.17. The number of rotatable bonds is 9. The molecular formula is C14H27NO3. The van der Waals surface area contributed by atoms with Crippen molar-refractivity contribution in [3.63, 3.8) is 0 Å². The maximum absolute atomic E-state index is 11.7. The molecule has 0 saturated carbocycles. The van der Waals surface area contributed by atoms with E-state index in [-0.39, 0.29) is 30.7 Å². The zero-order valence-electron chi connectivity index (χ0n) is 12.1. The fraction of sp³-hybridized carbons (Fsp3) is 0.857. The molecule has 0 aromatic rings. The van der Waals surface area contributed by atoms with Crippen molar-refractivity contribution < 1.29 is 14.3 Å². The number of esters is 1. The van der Waals surface area contributed by atoms with E-state index < -0.39 is 6.04 Å². The smallest absolute Gasteiger partial charge is 0.306 e. The van der Waals surface area contributed by atoms with Crippen molar-refractivity contribution in [3.8, 4) is 0 Å². The lowest BCUT2D eigenvalue weighted by Crippen LogP contribution is -2.32. The van der Waals surface area contributed by atoms with Crippen LogP contribution in [0.4, 0.5) is 0 Å². The number of carbonyl (C=O) groups is 2. The van der Waals surface area contributed by atoms with Crippen molar-refractivity contribution in [1.29, 1.82) is 0 Å². The Balaban J connectivity index is 3.94. The summed E-state index contributed by atoms with van der Waals surface area (Å²) in [4.78, 5) is 23.2. The molecule has 0 unspecified atom stereocenters. The molecule has 0 amide bonds. The normalized spacial score (nSPS) is 12.8. The van der Waals surface area contributed by atoms with Crippen LogP contribution in [0.1, 0.15) is 59.8 Å². The van der Waals surface area contributed by atoms with E-state index in [1.807, 2.05) is 27.7 Å². The number of nitrogens with two attached hydrogens (primary N) is 1. The van der Waals surface area contributed by atoms with Gasteiger partial charge in [-0.25, -0.2) is 0 Å². The number of Topliss-reactive ketones (excluding diaryl/α,β-unsaturated/α-hetero) is 1. The number of ether oxygens (including phenoxy) is 1. The first-order chi connectivity index (χ1) is 8.40. The van der Waals surface area contributed by atoms with Gasteiger partial charge in [0.25, 0.3) is 0 Å². The first-order valence-corrected chi connectivity index (χ1v) is 6.88. The van der Waals surface area contributed by atoms with Gasteiger partial charge < -0.3 is 10.5 Å². The summed E-state index contributed by atoms with van der Waals surface area (Å²) in [6, 6.07) is -0.453. The predicted octanol–water partition coefficient (Wildman–Crippen LogP) is 2.44. The Labute approximate surface area is 110 Å². The molecule has 0 rings (SSSR count). The van der Waals surface area contributed by atoms with E-state index in [9.17, 15) is 9.59 Å². The van der Waals surface area contributed by atoms with Crippen LogP contribution in [-0.4, -0.2) is 23.9 Å². The van der Waals surface area contributed by atoms with E-state index in [4.69, 9.17) is 10.5 Å². The van der Waals surface area contributed by atoms with Gasteiger partial charge in [-0.2, -0.15) is 0 Å². The summed E-state index contributed by atoms with van der Waals surface area (Å²) < 4.78 is 5.23. The highest BCUT2D eigenvalue weighted by Crippen LogP contribution is 2.09. The first-order valence-electron chi connectivity index (χ1n) is 6.88. The lowest BCUT2D eigenvalue weighted by molar-refractivity contribution is -0.150. The predicted molar refractivity (Wildman–Crippen MR) is 72.1 cm³/mol. The summed E-state index contributed by atoms with van der Waals surface area (Å²) in [7, 11) is 0. The Morgan fingerprint density at radius 1 is 1.11 bits per heavy atom. The minimum Gasteiger partial charge on any atom is -0.462 e. The van der Waals surface area contributed by atoms with E-state index in [0.29, 0.717) is 12.3 Å². The molecule has 0 aromatic carbocycles. The number of hydrogen-bond donors (Lipinski definition) is 1. The molecule has 0 aliphatic heterocycles. The molecule has 0 saturated heterocycles. The van der Waals surface area contributed by atoms with Crippen molar-refractivity contribution in [2.45, 2.75) is 71.9 Å². The third kappa shape index (κ3) is 7.43. The van der Waals surface area contributed by atoms with E-state index >= 15 is 0 Å².